The smallest absolute Gasteiger partial charge is 0.444 e. The number of alkyl carbamates (subject to hydrolysis) is 1. The van der Waals surface area contributed by atoms with Crippen LogP contribution in [-0.2, 0) is 28.7 Å². The van der Waals surface area contributed by atoms with E-state index in [0.29, 0.717) is 5.46 Å². The second-order valence-corrected chi connectivity index (χ2v) is 13.1. The first-order chi connectivity index (χ1) is 15.9. The fourth-order valence-electron chi connectivity index (χ4n) is 3.72. The van der Waals surface area contributed by atoms with E-state index in [-0.39, 0.29) is 30.6 Å². The molecule has 35 heavy (non-hydrogen) atoms. The van der Waals surface area contributed by atoms with E-state index in [1.807, 2.05) is 27.7 Å². The highest BCUT2D eigenvalue weighted by Gasteiger charge is 2.52. The molecule has 2 amide bonds. The number of sulfone groups is 1. The fraction of sp³-hybridized carbons (Fsp3) is 0.727. The van der Waals surface area contributed by atoms with Gasteiger partial charge in [0, 0.05) is 30.9 Å². The maximum atomic E-state index is 13.1. The summed E-state index contributed by atoms with van der Waals surface area (Å²) in [5.74, 6) is -0.384. The van der Waals surface area contributed by atoms with Gasteiger partial charge >= 0.3 is 13.2 Å². The SMILES string of the molecule is CC(NC(=O)OC(C)(C)C)C(=O)N1CC[C@@H](S(=O)(=O)c2ncc(B3OC(C)(C)C(C)(C)O3)cn2)C1. The fourth-order valence-corrected chi connectivity index (χ4v) is 5.21. The summed E-state index contributed by atoms with van der Waals surface area (Å²) in [4.78, 5) is 34.3. The summed E-state index contributed by atoms with van der Waals surface area (Å²) in [6, 6.07) is -0.859. The van der Waals surface area contributed by atoms with Gasteiger partial charge in [0.15, 0.2) is 0 Å². The van der Waals surface area contributed by atoms with E-state index in [4.69, 9.17) is 14.0 Å². The Kier molecular flexibility index (Phi) is 7.29. The summed E-state index contributed by atoms with van der Waals surface area (Å²) in [5, 5.41) is 1.34. The van der Waals surface area contributed by atoms with E-state index >= 15 is 0 Å². The van der Waals surface area contributed by atoms with E-state index in [0.717, 1.165) is 0 Å². The Labute approximate surface area is 207 Å². The lowest BCUT2D eigenvalue weighted by Gasteiger charge is -2.32. The summed E-state index contributed by atoms with van der Waals surface area (Å²) in [6.07, 6.45) is 2.33. The molecule has 0 aliphatic carbocycles. The van der Waals surface area contributed by atoms with Gasteiger partial charge in [-0.2, -0.15) is 0 Å². The second kappa shape index (κ2) is 9.32. The van der Waals surface area contributed by atoms with Gasteiger partial charge in [-0.1, -0.05) is 0 Å². The molecule has 0 saturated carbocycles. The van der Waals surface area contributed by atoms with E-state index in [2.05, 4.69) is 15.3 Å². The quantitative estimate of drug-likeness (QED) is 0.455. The molecule has 2 aliphatic rings. The monoisotopic (exact) mass is 510 g/mol. The van der Waals surface area contributed by atoms with Crippen LogP contribution in [0.3, 0.4) is 0 Å². The number of amides is 2. The van der Waals surface area contributed by atoms with Gasteiger partial charge < -0.3 is 24.3 Å². The Bertz CT molecular complexity index is 1050. The molecular weight excluding hydrogens is 475 g/mol. The van der Waals surface area contributed by atoms with Crippen molar-refractivity contribution in [3.05, 3.63) is 12.4 Å². The Morgan fingerprint density at radius 2 is 1.71 bits per heavy atom. The first-order valence-electron chi connectivity index (χ1n) is 11.6. The van der Waals surface area contributed by atoms with Gasteiger partial charge in [-0.25, -0.2) is 23.2 Å². The van der Waals surface area contributed by atoms with E-state index in [9.17, 15) is 18.0 Å². The minimum Gasteiger partial charge on any atom is -0.444 e. The Morgan fingerprint density at radius 1 is 1.17 bits per heavy atom. The minimum absolute atomic E-state index is 0.0101. The van der Waals surface area contributed by atoms with Crippen LogP contribution in [0.15, 0.2) is 17.6 Å². The van der Waals surface area contributed by atoms with Gasteiger partial charge in [0.2, 0.25) is 20.9 Å². The Hall–Kier alpha value is -2.25. The van der Waals surface area contributed by atoms with Crippen LogP contribution in [0.4, 0.5) is 4.79 Å². The van der Waals surface area contributed by atoms with Crippen molar-refractivity contribution in [2.75, 3.05) is 13.1 Å². The molecule has 0 aromatic carbocycles. The van der Waals surface area contributed by atoms with E-state index < -0.39 is 51.1 Å². The van der Waals surface area contributed by atoms with Gasteiger partial charge in [-0.05, 0) is 61.8 Å². The number of carbonyl (C=O) groups excluding carboxylic acids is 2. The lowest BCUT2D eigenvalue weighted by Crippen LogP contribution is -2.48. The Morgan fingerprint density at radius 3 is 2.23 bits per heavy atom. The molecule has 3 rings (SSSR count). The molecule has 2 atom stereocenters. The maximum absolute atomic E-state index is 13.1. The van der Waals surface area contributed by atoms with Crippen LogP contribution in [-0.4, -0.2) is 83.6 Å². The first-order valence-corrected chi connectivity index (χ1v) is 13.2. The lowest BCUT2D eigenvalue weighted by molar-refractivity contribution is -0.131. The highest BCUT2D eigenvalue weighted by Crippen LogP contribution is 2.36. The third kappa shape index (κ3) is 5.95. The molecule has 2 saturated heterocycles. The van der Waals surface area contributed by atoms with Crippen molar-refractivity contribution in [3.63, 3.8) is 0 Å². The molecule has 1 aromatic heterocycles. The number of nitrogens with zero attached hydrogens (tertiary/aromatic N) is 3. The van der Waals surface area contributed by atoms with Crippen molar-refractivity contribution in [2.24, 2.45) is 0 Å². The molecule has 13 heteroatoms. The van der Waals surface area contributed by atoms with Crippen molar-refractivity contribution in [2.45, 2.75) is 95.1 Å². The molecule has 11 nitrogen and oxygen atoms in total. The molecule has 0 radical (unpaired) electrons. The summed E-state index contributed by atoms with van der Waals surface area (Å²) in [7, 11) is -4.57. The highest BCUT2D eigenvalue weighted by atomic mass is 32.2. The van der Waals surface area contributed by atoms with E-state index in [1.54, 1.807) is 20.8 Å². The summed E-state index contributed by atoms with van der Waals surface area (Å²) in [6.45, 7) is 14.6. The number of hydrogen-bond donors (Lipinski definition) is 1. The van der Waals surface area contributed by atoms with Crippen LogP contribution >= 0.6 is 0 Å². The molecular formula is C22H35BN4O7S. The number of hydrogen-bond acceptors (Lipinski definition) is 9. The zero-order chi connectivity index (χ0) is 26.4. The zero-order valence-corrected chi connectivity index (χ0v) is 22.4. The van der Waals surface area contributed by atoms with Crippen molar-refractivity contribution in [1.29, 1.82) is 0 Å². The molecule has 2 fully saturated rings. The normalized spacial score (nSPS) is 22.7. The topological polar surface area (TPSA) is 137 Å². The predicted molar refractivity (Wildman–Crippen MR) is 129 cm³/mol. The van der Waals surface area contributed by atoms with Gasteiger partial charge in [0.05, 0.1) is 16.5 Å². The van der Waals surface area contributed by atoms with Gasteiger partial charge in [-0.15, -0.1) is 0 Å². The maximum Gasteiger partial charge on any atom is 0.498 e. The van der Waals surface area contributed by atoms with Crippen LogP contribution in [0.1, 0.15) is 61.8 Å². The molecule has 1 N–H and O–H groups in total. The molecule has 0 spiro atoms. The van der Waals surface area contributed by atoms with Crippen molar-refractivity contribution >= 4 is 34.4 Å². The van der Waals surface area contributed by atoms with Crippen LogP contribution < -0.4 is 10.8 Å². The average molecular weight is 510 g/mol. The van der Waals surface area contributed by atoms with Crippen molar-refractivity contribution < 1.29 is 32.1 Å². The molecule has 194 valence electrons. The van der Waals surface area contributed by atoms with Crippen molar-refractivity contribution in [3.8, 4) is 0 Å². The zero-order valence-electron chi connectivity index (χ0n) is 21.6. The number of likely N-dealkylation sites (tertiary alicyclic amines) is 1. The largest absolute Gasteiger partial charge is 0.498 e. The molecule has 3 heterocycles. The van der Waals surface area contributed by atoms with Crippen LogP contribution in [0.25, 0.3) is 0 Å². The van der Waals surface area contributed by atoms with E-state index in [1.165, 1.54) is 24.2 Å². The van der Waals surface area contributed by atoms with Crippen LogP contribution in [0.5, 0.6) is 0 Å². The number of rotatable bonds is 5. The minimum atomic E-state index is -3.87. The van der Waals surface area contributed by atoms with Gasteiger partial charge in [-0.3, -0.25) is 4.79 Å². The van der Waals surface area contributed by atoms with Crippen LogP contribution in [0, 0.1) is 0 Å². The average Bonchev–Trinajstić information content (AvgIpc) is 3.29. The number of aromatic nitrogens is 2. The third-order valence-corrected chi connectivity index (χ3v) is 8.41. The van der Waals surface area contributed by atoms with Gasteiger partial charge in [0.1, 0.15) is 11.6 Å². The number of carbonyl (C=O) groups is 2. The van der Waals surface area contributed by atoms with Crippen molar-refractivity contribution in [1.82, 2.24) is 20.2 Å². The summed E-state index contributed by atoms with van der Waals surface area (Å²) in [5.41, 5.74) is -1.26. The van der Waals surface area contributed by atoms with Gasteiger partial charge in [0.25, 0.3) is 0 Å². The molecule has 2 aliphatic heterocycles. The lowest BCUT2D eigenvalue weighted by atomic mass is 9.81. The second-order valence-electron chi connectivity index (χ2n) is 11.0. The van der Waals surface area contributed by atoms with Crippen LogP contribution in [0.2, 0.25) is 0 Å². The highest BCUT2D eigenvalue weighted by molar-refractivity contribution is 7.91. The Balaban J connectivity index is 1.63. The molecule has 1 aromatic rings. The standard InChI is InChI=1S/C22H35BN4O7S/c1-14(26-19(29)32-20(2,3)4)17(28)27-10-9-16(13-27)35(30,31)18-24-11-15(12-25-18)23-33-21(5,6)22(7,8)34-23/h11-12,14,16H,9-10,13H2,1-8H3,(H,26,29)/t14?,16-/m1/s1. The third-order valence-electron chi connectivity index (χ3n) is 6.43. The molecule has 1 unspecified atom stereocenters. The predicted octanol–water partition coefficient (Wildman–Crippen LogP) is 1.06. The molecule has 0 bridgehead atoms. The summed E-state index contributed by atoms with van der Waals surface area (Å²) >= 11 is 0. The number of ether oxygens (including phenoxy) is 1. The first kappa shape index (κ1) is 27.3. The number of nitrogens with one attached hydrogen (secondary N) is 1. The summed E-state index contributed by atoms with van der Waals surface area (Å²) < 4.78 is 43.3.